The lowest BCUT2D eigenvalue weighted by atomic mass is 9.93. The summed E-state index contributed by atoms with van der Waals surface area (Å²) in [5.41, 5.74) is 5.68. The molecule has 0 bridgehead atoms. The molecule has 1 aliphatic heterocycles. The summed E-state index contributed by atoms with van der Waals surface area (Å²) in [7, 11) is 0. The highest BCUT2D eigenvalue weighted by Crippen LogP contribution is 2.40. The van der Waals surface area contributed by atoms with E-state index >= 15 is 0 Å². The van der Waals surface area contributed by atoms with Gasteiger partial charge >= 0.3 is 0 Å². The van der Waals surface area contributed by atoms with E-state index in [0.717, 1.165) is 0 Å². The van der Waals surface area contributed by atoms with Crippen LogP contribution in [0.4, 0.5) is 5.82 Å². The summed E-state index contributed by atoms with van der Waals surface area (Å²) >= 11 is 0. The molecular formula is C12H16N4O4. The van der Waals surface area contributed by atoms with Gasteiger partial charge in [0.15, 0.2) is 5.82 Å². The molecule has 108 valence electrons. The second-order valence-corrected chi connectivity index (χ2v) is 5.04. The van der Waals surface area contributed by atoms with E-state index in [1.807, 2.05) is 0 Å². The summed E-state index contributed by atoms with van der Waals surface area (Å²) in [5.74, 6) is 0.307. The Hall–Kier alpha value is -1.74. The molecule has 1 saturated heterocycles. The average molecular weight is 280 g/mol. The number of rotatable bonds is 2. The summed E-state index contributed by atoms with van der Waals surface area (Å²) in [6, 6.07) is 3.42. The van der Waals surface area contributed by atoms with Crippen LogP contribution in [-0.2, 0) is 10.3 Å². The lowest BCUT2D eigenvalue weighted by molar-refractivity contribution is -0.0890. The van der Waals surface area contributed by atoms with Gasteiger partial charge in [0.1, 0.15) is 35.8 Å². The van der Waals surface area contributed by atoms with Gasteiger partial charge in [0, 0.05) is 0 Å². The first-order valence-electron chi connectivity index (χ1n) is 6.22. The van der Waals surface area contributed by atoms with E-state index in [0.29, 0.717) is 17.0 Å². The summed E-state index contributed by atoms with van der Waals surface area (Å²) in [5, 5.41) is 33.4. The summed E-state index contributed by atoms with van der Waals surface area (Å²) < 4.78 is 7.15. The van der Waals surface area contributed by atoms with Crippen LogP contribution in [0.3, 0.4) is 0 Å². The number of hydrogen-bond acceptors (Lipinski definition) is 7. The second kappa shape index (κ2) is 4.38. The molecule has 8 heteroatoms. The van der Waals surface area contributed by atoms with Crippen LogP contribution in [0.5, 0.6) is 0 Å². The van der Waals surface area contributed by atoms with E-state index < -0.39 is 23.9 Å². The van der Waals surface area contributed by atoms with E-state index in [1.54, 1.807) is 19.1 Å². The first-order valence-corrected chi connectivity index (χ1v) is 6.22. The van der Waals surface area contributed by atoms with Crippen molar-refractivity contribution in [2.24, 2.45) is 0 Å². The quantitative estimate of drug-likeness (QED) is 0.535. The predicted octanol–water partition coefficient (Wildman–Crippen LogP) is -1.36. The third-order valence-electron chi connectivity index (χ3n) is 3.84. The third kappa shape index (κ3) is 1.63. The van der Waals surface area contributed by atoms with Crippen molar-refractivity contribution >= 4 is 11.3 Å². The van der Waals surface area contributed by atoms with Gasteiger partial charge in [0.2, 0.25) is 0 Å². The van der Waals surface area contributed by atoms with Crippen LogP contribution in [0.2, 0.25) is 0 Å². The molecule has 3 heterocycles. The Labute approximate surface area is 114 Å². The second-order valence-electron chi connectivity index (χ2n) is 5.04. The average Bonchev–Trinajstić information content (AvgIpc) is 2.96. The third-order valence-corrected chi connectivity index (χ3v) is 3.84. The summed E-state index contributed by atoms with van der Waals surface area (Å²) in [6.45, 7) is 1.25. The maximum atomic E-state index is 10.2. The molecule has 0 unspecified atom stereocenters. The fourth-order valence-corrected chi connectivity index (χ4v) is 2.67. The number of anilines is 1. The normalized spacial score (nSPS) is 33.9. The monoisotopic (exact) mass is 280 g/mol. The SMILES string of the molecule is C[C@@]1(c2ccc3c(N)ncnn23)O[C@H](CO)[C@@H](O)[C@H]1O. The maximum absolute atomic E-state index is 10.2. The van der Waals surface area contributed by atoms with Crippen molar-refractivity contribution in [3.8, 4) is 0 Å². The van der Waals surface area contributed by atoms with Crippen molar-refractivity contribution in [3.63, 3.8) is 0 Å². The molecule has 0 amide bonds. The Balaban J connectivity index is 2.13. The van der Waals surface area contributed by atoms with Crippen molar-refractivity contribution in [3.05, 3.63) is 24.2 Å². The molecule has 2 aromatic heterocycles. The lowest BCUT2D eigenvalue weighted by Gasteiger charge is -2.27. The standard InChI is InChI=1S/C12H16N4O4/c1-12(10(19)9(18)7(4-17)20-12)8-3-2-6-11(13)14-5-15-16(6)8/h2-3,5,7,9-10,17-19H,4H2,1H3,(H2,13,14,15)/t7-,9-,10-,12+/m1/s1. The zero-order valence-corrected chi connectivity index (χ0v) is 10.8. The van der Waals surface area contributed by atoms with Gasteiger partial charge < -0.3 is 25.8 Å². The Kier molecular flexibility index (Phi) is 2.91. The topological polar surface area (TPSA) is 126 Å². The molecule has 4 atom stereocenters. The van der Waals surface area contributed by atoms with Gasteiger partial charge in [-0.2, -0.15) is 5.10 Å². The Morgan fingerprint density at radius 3 is 2.85 bits per heavy atom. The lowest BCUT2D eigenvalue weighted by Crippen LogP contribution is -2.39. The molecule has 0 radical (unpaired) electrons. The minimum absolute atomic E-state index is 0.307. The van der Waals surface area contributed by atoms with Gasteiger partial charge in [0.25, 0.3) is 0 Å². The number of aromatic nitrogens is 3. The summed E-state index contributed by atoms with van der Waals surface area (Å²) in [4.78, 5) is 3.89. The van der Waals surface area contributed by atoms with E-state index in [-0.39, 0.29) is 6.61 Å². The van der Waals surface area contributed by atoms with Crippen LogP contribution in [0.15, 0.2) is 18.5 Å². The number of aliphatic hydroxyl groups is 3. The number of ether oxygens (including phenoxy) is 1. The van der Waals surface area contributed by atoms with Crippen LogP contribution in [0.25, 0.3) is 5.52 Å². The highest BCUT2D eigenvalue weighted by molar-refractivity contribution is 5.65. The zero-order chi connectivity index (χ0) is 14.5. The van der Waals surface area contributed by atoms with Crippen LogP contribution >= 0.6 is 0 Å². The highest BCUT2D eigenvalue weighted by Gasteiger charge is 2.53. The van der Waals surface area contributed by atoms with E-state index in [2.05, 4.69) is 10.1 Å². The minimum atomic E-state index is -1.19. The number of aliphatic hydroxyl groups excluding tert-OH is 3. The van der Waals surface area contributed by atoms with Crippen molar-refractivity contribution in [1.29, 1.82) is 0 Å². The van der Waals surface area contributed by atoms with Gasteiger partial charge in [-0.1, -0.05) is 0 Å². The maximum Gasteiger partial charge on any atom is 0.151 e. The molecule has 0 aliphatic carbocycles. The van der Waals surface area contributed by atoms with Gasteiger partial charge in [0.05, 0.1) is 12.3 Å². The van der Waals surface area contributed by atoms with Crippen LogP contribution in [-0.4, -0.2) is 54.8 Å². The number of nitrogens with zero attached hydrogens (tertiary/aromatic N) is 3. The molecule has 1 fully saturated rings. The van der Waals surface area contributed by atoms with Crippen LogP contribution in [0.1, 0.15) is 12.6 Å². The molecule has 1 aliphatic rings. The Morgan fingerprint density at radius 1 is 1.45 bits per heavy atom. The molecule has 5 N–H and O–H groups in total. The van der Waals surface area contributed by atoms with E-state index in [1.165, 1.54) is 10.8 Å². The molecule has 0 spiro atoms. The van der Waals surface area contributed by atoms with Crippen molar-refractivity contribution in [2.75, 3.05) is 12.3 Å². The first-order chi connectivity index (χ1) is 9.49. The molecule has 8 nitrogen and oxygen atoms in total. The molecule has 20 heavy (non-hydrogen) atoms. The van der Waals surface area contributed by atoms with E-state index in [9.17, 15) is 15.3 Å². The summed E-state index contributed by atoms with van der Waals surface area (Å²) in [6.07, 6.45) is -1.90. The molecule has 2 aromatic rings. The van der Waals surface area contributed by atoms with Gasteiger partial charge in [-0.15, -0.1) is 0 Å². The van der Waals surface area contributed by atoms with Crippen molar-refractivity contribution < 1.29 is 20.1 Å². The van der Waals surface area contributed by atoms with Gasteiger partial charge in [-0.05, 0) is 19.1 Å². The van der Waals surface area contributed by atoms with E-state index in [4.69, 9.17) is 10.5 Å². The zero-order valence-electron chi connectivity index (χ0n) is 10.8. The number of hydrogen-bond donors (Lipinski definition) is 4. The Morgan fingerprint density at radius 2 is 2.20 bits per heavy atom. The predicted molar refractivity (Wildman–Crippen MR) is 68.7 cm³/mol. The highest BCUT2D eigenvalue weighted by atomic mass is 16.6. The number of nitrogens with two attached hydrogens (primary N) is 1. The first kappa shape index (κ1) is 13.3. The van der Waals surface area contributed by atoms with Crippen LogP contribution in [0, 0.1) is 0 Å². The number of fused-ring (bicyclic) bond motifs is 1. The smallest absolute Gasteiger partial charge is 0.151 e. The van der Waals surface area contributed by atoms with Crippen molar-refractivity contribution in [1.82, 2.24) is 14.6 Å². The Bertz CT molecular complexity index is 645. The minimum Gasteiger partial charge on any atom is -0.394 e. The van der Waals surface area contributed by atoms with Gasteiger partial charge in [-0.3, -0.25) is 0 Å². The number of nitrogen functional groups attached to an aromatic ring is 1. The molecular weight excluding hydrogens is 264 g/mol. The van der Waals surface area contributed by atoms with Gasteiger partial charge in [-0.25, -0.2) is 9.50 Å². The molecule has 0 saturated carbocycles. The molecule has 3 rings (SSSR count). The van der Waals surface area contributed by atoms with Crippen LogP contribution < -0.4 is 5.73 Å². The van der Waals surface area contributed by atoms with Crippen molar-refractivity contribution in [2.45, 2.75) is 30.8 Å². The molecule has 0 aromatic carbocycles. The largest absolute Gasteiger partial charge is 0.394 e. The fraction of sp³-hybridized carbons (Fsp3) is 0.500. The fourth-order valence-electron chi connectivity index (χ4n) is 2.67.